The molecule has 19 heavy (non-hydrogen) atoms. The first-order chi connectivity index (χ1) is 7.70. The Morgan fingerprint density at radius 1 is 1.42 bits per heavy atom. The van der Waals surface area contributed by atoms with Crippen LogP contribution >= 0.6 is 0 Å². The molecule has 2 rings (SSSR count). The molecule has 1 radical (unpaired) electrons. The van der Waals surface area contributed by atoms with Crippen LogP contribution in [0.2, 0.25) is 0 Å². The third-order valence-corrected chi connectivity index (χ3v) is 3.11. The van der Waals surface area contributed by atoms with E-state index in [1.165, 1.54) is 0 Å². The number of benzene rings is 1. The van der Waals surface area contributed by atoms with Crippen molar-refractivity contribution in [1.29, 1.82) is 0 Å². The van der Waals surface area contributed by atoms with Gasteiger partial charge in [0.2, 0.25) is 0 Å². The molecule has 6 heteroatoms. The summed E-state index contributed by atoms with van der Waals surface area (Å²) in [6, 6.07) is 10.8. The fraction of sp³-hybridized carbons (Fsp3) is 0.462. The van der Waals surface area contributed by atoms with Gasteiger partial charge in [-0.05, 0) is 20.1 Å². The van der Waals surface area contributed by atoms with Gasteiger partial charge in [-0.1, -0.05) is 13.5 Å². The molecule has 0 saturated carbocycles. The van der Waals surface area contributed by atoms with Crippen molar-refractivity contribution in [3.63, 3.8) is 0 Å². The average molecular weight is 755 g/mol. The second-order valence-corrected chi connectivity index (χ2v) is 4.23. The monoisotopic (exact) mass is 755 g/mol. The maximum absolute atomic E-state index is 3.24. The molecule has 1 N–H and O–H groups in total. The Hall–Kier alpha value is 0.248. The maximum Gasteiger partial charge on any atom is 1.00 e. The number of hydrogen-bond acceptors (Lipinski definition) is 3. The summed E-state index contributed by atoms with van der Waals surface area (Å²) in [5.41, 5.74) is 2.15. The molecule has 0 aromatic heterocycles. The van der Waals surface area contributed by atoms with E-state index in [4.69, 9.17) is 0 Å². The van der Waals surface area contributed by atoms with E-state index in [9.17, 15) is 0 Å². The maximum atomic E-state index is 3.24. The van der Waals surface area contributed by atoms with Crippen molar-refractivity contribution >= 4 is 11.4 Å². The summed E-state index contributed by atoms with van der Waals surface area (Å²) < 4.78 is 0. The van der Waals surface area contributed by atoms with Crippen molar-refractivity contribution in [1.82, 2.24) is 4.90 Å². The third-order valence-electron chi connectivity index (χ3n) is 3.11. The first-order valence-corrected chi connectivity index (χ1v) is 5.62. The molecule has 1 heterocycles. The molecule has 0 bridgehead atoms. The molecule has 3 nitrogen and oxygen atoms in total. The van der Waals surface area contributed by atoms with Crippen LogP contribution in [-0.2, 0) is 20.4 Å². The van der Waals surface area contributed by atoms with E-state index in [-0.39, 0.29) is 78.6 Å². The molecule has 1 saturated heterocycles. The number of rotatable bonds is 2. The van der Waals surface area contributed by atoms with Crippen molar-refractivity contribution in [2.24, 2.45) is 0 Å². The fourth-order valence-electron chi connectivity index (χ4n) is 1.86. The predicted octanol–water partition coefficient (Wildman–Crippen LogP) is -1.37. The van der Waals surface area contributed by atoms with Gasteiger partial charge in [0.1, 0.15) is 0 Å². The first-order valence-electron chi connectivity index (χ1n) is 5.62. The number of nitrogens with zero attached hydrogens (tertiary/aromatic N) is 2. The van der Waals surface area contributed by atoms with Crippen molar-refractivity contribution in [2.45, 2.75) is 13.0 Å². The Balaban J connectivity index is 0. The number of likely N-dealkylation sites (N-methyl/N-ethyl adjacent to an activating group) is 1. The van der Waals surface area contributed by atoms with Crippen LogP contribution in [0.1, 0.15) is 6.92 Å². The van der Waals surface area contributed by atoms with Crippen molar-refractivity contribution in [2.75, 3.05) is 37.4 Å². The van der Waals surface area contributed by atoms with Gasteiger partial charge in [0, 0.05) is 27.0 Å². The molecule has 1 aliphatic heterocycles. The smallest absolute Gasteiger partial charge is 0.454 e. The number of anilines is 2. The minimum absolute atomic E-state index is 0. The summed E-state index contributed by atoms with van der Waals surface area (Å²) in [5, 5.41) is 3.10. The molecule has 0 spiro atoms. The first kappa shape index (κ1) is 21.5. The second-order valence-electron chi connectivity index (χ2n) is 4.23. The summed E-state index contributed by atoms with van der Waals surface area (Å²) in [5.74, 6) is 0. The summed E-state index contributed by atoms with van der Waals surface area (Å²) in [6.07, 6.45) is 0. The van der Waals surface area contributed by atoms with Crippen LogP contribution in [0.25, 0.3) is 0 Å². The van der Waals surface area contributed by atoms with E-state index in [1.54, 1.807) is 0 Å². The van der Waals surface area contributed by atoms with E-state index in [2.05, 4.69) is 53.8 Å². The van der Waals surface area contributed by atoms with Crippen LogP contribution < -0.4 is 68.4 Å². The molecular formula is C13H18N3RbReRf-2. The number of hydrogen-bond donors (Lipinski definition) is 1. The molecule has 1 aromatic carbocycles. The van der Waals surface area contributed by atoms with Crippen LogP contribution in [0.5, 0.6) is 0 Å². The Morgan fingerprint density at radius 2 is 2.11 bits per heavy atom. The predicted molar refractivity (Wildman–Crippen MR) is 67.4 cm³/mol. The molecule has 0 aliphatic carbocycles. The van der Waals surface area contributed by atoms with Crippen LogP contribution in [0.3, 0.4) is 0 Å². The van der Waals surface area contributed by atoms with Gasteiger partial charge in [-0.2, -0.15) is 11.4 Å². The molecule has 1 aliphatic rings. The van der Waals surface area contributed by atoms with E-state index < -0.39 is 0 Å². The average Bonchev–Trinajstić information content (AvgIpc) is 2.33. The molecule has 1 atom stereocenters. The van der Waals surface area contributed by atoms with E-state index in [0.29, 0.717) is 6.04 Å². The zero-order chi connectivity index (χ0) is 11.5. The Kier molecular flexibility index (Phi) is 11.4. The van der Waals surface area contributed by atoms with Gasteiger partial charge in [-0.3, -0.25) is 0 Å². The molecular weight excluding hydrogens is 737 g/mol. The van der Waals surface area contributed by atoms with Crippen molar-refractivity contribution in [3.8, 4) is 0 Å². The number of nitrogens with one attached hydrogen (secondary N) is 1. The van der Waals surface area contributed by atoms with Crippen molar-refractivity contribution in [3.05, 3.63) is 30.8 Å². The number of piperazine rings is 1. The van der Waals surface area contributed by atoms with E-state index in [0.717, 1.165) is 24.5 Å². The Morgan fingerprint density at radius 3 is 2.68 bits per heavy atom. The Labute approximate surface area is 173 Å². The van der Waals surface area contributed by atoms with Gasteiger partial charge in [-0.15, -0.1) is 0 Å². The summed E-state index contributed by atoms with van der Waals surface area (Å²) in [6.45, 7) is 6.44. The topological polar surface area (TPSA) is 18.5 Å². The van der Waals surface area contributed by atoms with Gasteiger partial charge in [0.05, 0.1) is 0 Å². The molecule has 0 amide bonds. The standard InChI is InChI=1S/C13H18N3.Rb.Re.Rf/c1-11-10-16(8-7-15(11)3)13-6-4-5-12(9-13)14-2;;;/h4,7,9,11,14H,8,10H2,1-3H3;;;/q-3;+1;;. The normalized spacial score (nSPS) is 18.7. The largest absolute Gasteiger partial charge is 1.00 e. The summed E-state index contributed by atoms with van der Waals surface area (Å²) >= 11 is 0. The van der Waals surface area contributed by atoms with Crippen LogP contribution in [0, 0.1) is 18.7 Å². The molecule has 1 aromatic rings. The van der Waals surface area contributed by atoms with Gasteiger partial charge in [0.15, 0.2) is 0 Å². The zero-order valence-electron chi connectivity index (χ0n) is 12.2. The van der Waals surface area contributed by atoms with Crippen LogP contribution in [0.4, 0.5) is 11.4 Å². The quantitative estimate of drug-likeness (QED) is 0.377. The summed E-state index contributed by atoms with van der Waals surface area (Å²) in [4.78, 5) is 4.60. The zero-order valence-corrected chi connectivity index (χ0v) is 26.2. The fourth-order valence-corrected chi connectivity index (χ4v) is 1.86. The van der Waals surface area contributed by atoms with Gasteiger partial charge in [0.25, 0.3) is 0 Å². The third kappa shape index (κ3) is 5.63. The van der Waals surface area contributed by atoms with Gasteiger partial charge >= 0.3 is 58.2 Å². The Bertz CT molecular complexity index is 367. The summed E-state index contributed by atoms with van der Waals surface area (Å²) in [7, 11) is 4.04. The SMILES string of the molecule is CNc1[c-]c[c-]c(N2C[CH-]N(C)C(C)C2)c1.[Rb+].[Re].[Rf]. The second kappa shape index (κ2) is 10.0. The molecule has 1 fully saturated rings. The molecule has 97 valence electrons. The minimum atomic E-state index is 0. The van der Waals surface area contributed by atoms with E-state index in [1.807, 2.05) is 13.1 Å². The minimum Gasteiger partial charge on any atom is -0.454 e. The molecule has 1 unspecified atom stereocenters. The van der Waals surface area contributed by atoms with Crippen molar-refractivity contribution < 1.29 is 78.6 Å². The van der Waals surface area contributed by atoms with Crippen LogP contribution in [-0.4, -0.2) is 38.1 Å². The van der Waals surface area contributed by atoms with Gasteiger partial charge < -0.3 is 33.3 Å². The van der Waals surface area contributed by atoms with Gasteiger partial charge in [-0.25, -0.2) is 12.6 Å². The van der Waals surface area contributed by atoms with E-state index >= 15 is 0 Å². The van der Waals surface area contributed by atoms with Crippen LogP contribution in [0.15, 0.2) is 12.1 Å².